The summed E-state index contributed by atoms with van der Waals surface area (Å²) in [5, 5.41) is 23.0. The highest BCUT2D eigenvalue weighted by Crippen LogP contribution is 2.38. The number of nitrogens with one attached hydrogen (secondary N) is 1. The van der Waals surface area contributed by atoms with Crippen LogP contribution in [0.15, 0.2) is 12.2 Å². The van der Waals surface area contributed by atoms with Crippen molar-refractivity contribution >= 4 is 11.9 Å². The Kier molecular flexibility index (Phi) is 5.81. The van der Waals surface area contributed by atoms with Crippen molar-refractivity contribution in [2.75, 3.05) is 0 Å². The van der Waals surface area contributed by atoms with Crippen molar-refractivity contribution < 1.29 is 24.5 Å². The summed E-state index contributed by atoms with van der Waals surface area (Å²) < 4.78 is 5.14. The van der Waals surface area contributed by atoms with E-state index >= 15 is 0 Å². The molecule has 2 aliphatic rings. The number of esters is 1. The van der Waals surface area contributed by atoms with E-state index in [0.29, 0.717) is 6.42 Å². The molecule has 2 saturated heterocycles. The van der Waals surface area contributed by atoms with Crippen LogP contribution in [0.5, 0.6) is 0 Å². The van der Waals surface area contributed by atoms with Crippen LogP contribution in [0.4, 0.5) is 0 Å². The molecule has 6 heteroatoms. The summed E-state index contributed by atoms with van der Waals surface area (Å²) in [6.45, 7) is 3.88. The fraction of sp³-hybridized carbons (Fsp3) is 0.765. The van der Waals surface area contributed by atoms with Crippen molar-refractivity contribution in [3.8, 4) is 0 Å². The average molecular weight is 325 g/mol. The van der Waals surface area contributed by atoms with Crippen molar-refractivity contribution in [2.24, 2.45) is 5.92 Å². The molecule has 3 N–H and O–H groups in total. The molecule has 0 aliphatic carbocycles. The second-order valence-electron chi connectivity index (χ2n) is 6.58. The van der Waals surface area contributed by atoms with E-state index in [1.807, 2.05) is 0 Å². The zero-order valence-electron chi connectivity index (χ0n) is 13.8. The highest BCUT2D eigenvalue weighted by Gasteiger charge is 2.65. The molecule has 2 aliphatic heterocycles. The first kappa shape index (κ1) is 17.9. The zero-order chi connectivity index (χ0) is 17.0. The number of amides is 1. The van der Waals surface area contributed by atoms with Crippen molar-refractivity contribution in [3.05, 3.63) is 12.2 Å². The van der Waals surface area contributed by atoms with E-state index in [0.717, 1.165) is 19.3 Å². The van der Waals surface area contributed by atoms with Crippen LogP contribution < -0.4 is 5.32 Å². The first-order chi connectivity index (χ1) is 10.9. The van der Waals surface area contributed by atoms with E-state index in [-0.39, 0.29) is 6.04 Å². The minimum absolute atomic E-state index is 0.366. The van der Waals surface area contributed by atoms with Gasteiger partial charge in [0.25, 0.3) is 11.5 Å². The summed E-state index contributed by atoms with van der Waals surface area (Å²) >= 11 is 0. The van der Waals surface area contributed by atoms with Crippen LogP contribution in [0, 0.1) is 5.92 Å². The second-order valence-corrected chi connectivity index (χ2v) is 6.58. The lowest BCUT2D eigenvalue weighted by Gasteiger charge is -2.33. The predicted molar refractivity (Wildman–Crippen MR) is 84.4 cm³/mol. The molecule has 2 heterocycles. The van der Waals surface area contributed by atoms with Gasteiger partial charge in [0.15, 0.2) is 0 Å². The van der Waals surface area contributed by atoms with Gasteiger partial charge >= 0.3 is 5.97 Å². The number of rotatable bonds is 8. The highest BCUT2D eigenvalue weighted by atomic mass is 16.6. The Bertz CT molecular complexity index is 478. The first-order valence-corrected chi connectivity index (χ1v) is 8.52. The summed E-state index contributed by atoms with van der Waals surface area (Å²) in [5.74, 6) is -2.39. The lowest BCUT2D eigenvalue weighted by molar-refractivity contribution is -0.160. The average Bonchev–Trinajstić information content (AvgIpc) is 2.73. The van der Waals surface area contributed by atoms with Crippen LogP contribution in [0.1, 0.15) is 52.4 Å². The topological polar surface area (TPSA) is 95.9 Å². The van der Waals surface area contributed by atoms with Crippen molar-refractivity contribution in [1.29, 1.82) is 0 Å². The molecule has 2 bridgehead atoms. The van der Waals surface area contributed by atoms with Gasteiger partial charge in [-0.3, -0.25) is 4.79 Å². The Labute approximate surface area is 136 Å². The van der Waals surface area contributed by atoms with Gasteiger partial charge in [0.2, 0.25) is 0 Å². The quantitative estimate of drug-likeness (QED) is 0.268. The molecule has 23 heavy (non-hydrogen) atoms. The molecule has 5 atom stereocenters. The molecule has 0 saturated carbocycles. The molecular formula is C17H27NO5. The molecule has 2 fully saturated rings. The van der Waals surface area contributed by atoms with Gasteiger partial charge in [-0.15, -0.1) is 0 Å². The molecule has 0 radical (unpaired) electrons. The minimum atomic E-state index is -2.17. The Morgan fingerprint density at radius 2 is 2.00 bits per heavy atom. The monoisotopic (exact) mass is 325 g/mol. The highest BCUT2D eigenvalue weighted by molar-refractivity contribution is 6.09. The van der Waals surface area contributed by atoms with Crippen LogP contribution in [-0.4, -0.2) is 45.9 Å². The molecule has 1 amide bonds. The van der Waals surface area contributed by atoms with E-state index in [1.165, 1.54) is 12.8 Å². The maximum Gasteiger partial charge on any atom is 0.349 e. The Balaban J connectivity index is 1.93. The van der Waals surface area contributed by atoms with Crippen molar-refractivity contribution in [2.45, 2.75) is 76.2 Å². The number of carbonyl (C=O) groups excluding carboxylic acids is 2. The fourth-order valence-electron chi connectivity index (χ4n) is 3.27. The van der Waals surface area contributed by atoms with Crippen molar-refractivity contribution in [1.82, 2.24) is 5.32 Å². The van der Waals surface area contributed by atoms with E-state index in [9.17, 15) is 19.8 Å². The minimum Gasteiger partial charge on any atom is -0.457 e. The number of hydrogen-bond donors (Lipinski definition) is 3. The third-order valence-electron chi connectivity index (χ3n) is 4.73. The van der Waals surface area contributed by atoms with Crippen LogP contribution in [0.2, 0.25) is 0 Å². The lowest BCUT2D eigenvalue weighted by atomic mass is 9.79. The second kappa shape index (κ2) is 7.45. The maximum atomic E-state index is 12.0. The fourth-order valence-corrected chi connectivity index (χ4v) is 3.27. The predicted octanol–water partition coefficient (Wildman–Crippen LogP) is 1.05. The summed E-state index contributed by atoms with van der Waals surface area (Å²) in [6, 6.07) is -0.366. The van der Waals surface area contributed by atoms with E-state index in [1.54, 1.807) is 19.1 Å². The summed E-state index contributed by atoms with van der Waals surface area (Å²) in [6.07, 6.45) is 8.06. The summed E-state index contributed by atoms with van der Waals surface area (Å²) in [5.41, 5.74) is -2.17. The third-order valence-corrected chi connectivity index (χ3v) is 4.73. The molecule has 6 nitrogen and oxygen atoms in total. The van der Waals surface area contributed by atoms with Crippen LogP contribution in [-0.2, 0) is 14.3 Å². The largest absolute Gasteiger partial charge is 0.457 e. The number of piperidine rings is 1. The summed E-state index contributed by atoms with van der Waals surface area (Å²) in [4.78, 5) is 23.8. The van der Waals surface area contributed by atoms with Gasteiger partial charge in [0.1, 0.15) is 6.10 Å². The number of unbranched alkanes of at least 4 members (excludes halogenated alkanes) is 4. The van der Waals surface area contributed by atoms with Gasteiger partial charge in [0, 0.05) is 0 Å². The first-order valence-electron chi connectivity index (χ1n) is 8.52. The number of carbonyl (C=O) groups is 2. The van der Waals surface area contributed by atoms with Crippen LogP contribution >= 0.6 is 0 Å². The lowest BCUT2D eigenvalue weighted by Crippen LogP contribution is -2.62. The number of hydrogen-bond acceptors (Lipinski definition) is 5. The van der Waals surface area contributed by atoms with E-state index in [4.69, 9.17) is 4.74 Å². The SMILES string of the molecule is CCCCCCC[C@H](O)/C=C/[C@H]1[C@H]2OC(=O)[C@]1(O)C(=O)N[C@H]2C. The third kappa shape index (κ3) is 3.58. The van der Waals surface area contributed by atoms with Gasteiger partial charge in [-0.1, -0.05) is 51.2 Å². The van der Waals surface area contributed by atoms with Gasteiger partial charge in [-0.05, 0) is 13.3 Å². The Morgan fingerprint density at radius 1 is 1.30 bits per heavy atom. The van der Waals surface area contributed by atoms with Gasteiger partial charge in [0.05, 0.1) is 18.1 Å². The van der Waals surface area contributed by atoms with E-state index < -0.39 is 35.6 Å². The number of aliphatic hydroxyl groups excluding tert-OH is 1. The Hall–Kier alpha value is -1.40. The molecule has 0 aromatic heterocycles. The standard InChI is InChI=1S/C17H27NO5/c1-3-4-5-6-7-8-12(19)9-10-13-14-11(2)18-15(20)17(13,22)16(21)23-14/h9-14,19,22H,3-8H2,1-2H3,(H,18,20)/b10-9+/t11-,12-,13-,14-,17+/m0/s1. The van der Waals surface area contributed by atoms with Crippen molar-refractivity contribution in [3.63, 3.8) is 0 Å². The Morgan fingerprint density at radius 3 is 2.70 bits per heavy atom. The maximum absolute atomic E-state index is 12.0. The zero-order valence-corrected chi connectivity index (χ0v) is 13.8. The van der Waals surface area contributed by atoms with Gasteiger partial charge in [-0.2, -0.15) is 0 Å². The number of aliphatic hydroxyl groups is 2. The molecular weight excluding hydrogens is 298 g/mol. The van der Waals surface area contributed by atoms with Crippen LogP contribution in [0.3, 0.4) is 0 Å². The smallest absolute Gasteiger partial charge is 0.349 e. The molecule has 0 unspecified atom stereocenters. The number of fused-ring (bicyclic) bond motifs is 2. The summed E-state index contributed by atoms with van der Waals surface area (Å²) in [7, 11) is 0. The van der Waals surface area contributed by atoms with Gasteiger partial charge in [-0.25, -0.2) is 4.79 Å². The molecule has 0 aromatic rings. The molecule has 0 spiro atoms. The molecule has 2 rings (SSSR count). The normalized spacial score (nSPS) is 34.5. The van der Waals surface area contributed by atoms with E-state index in [2.05, 4.69) is 12.2 Å². The molecule has 0 aromatic carbocycles. The number of ether oxygens (including phenoxy) is 1. The van der Waals surface area contributed by atoms with Gasteiger partial charge < -0.3 is 20.3 Å². The molecule has 130 valence electrons. The van der Waals surface area contributed by atoms with Crippen LogP contribution in [0.25, 0.3) is 0 Å².